The van der Waals surface area contributed by atoms with Crippen LogP contribution in [0.4, 0.5) is 11.4 Å². The van der Waals surface area contributed by atoms with E-state index in [0.29, 0.717) is 12.4 Å². The second kappa shape index (κ2) is 7.34. The van der Waals surface area contributed by atoms with Gasteiger partial charge in [0.2, 0.25) is 0 Å². The Morgan fingerprint density at radius 1 is 0.960 bits per heavy atom. The lowest BCUT2D eigenvalue weighted by atomic mass is 10.0. The van der Waals surface area contributed by atoms with E-state index in [2.05, 4.69) is 47.0 Å². The zero-order valence-corrected chi connectivity index (χ0v) is 14.8. The lowest BCUT2D eigenvalue weighted by Crippen LogP contribution is -2.23. The van der Waals surface area contributed by atoms with Crippen molar-refractivity contribution in [3.63, 3.8) is 0 Å². The highest BCUT2D eigenvalue weighted by atomic mass is 16.5. The molecule has 4 heteroatoms. The van der Waals surface area contributed by atoms with Crippen molar-refractivity contribution in [1.82, 2.24) is 0 Å². The summed E-state index contributed by atoms with van der Waals surface area (Å²) in [6.45, 7) is 6.42. The lowest BCUT2D eigenvalue weighted by molar-refractivity contribution is 0.317. The van der Waals surface area contributed by atoms with E-state index in [4.69, 9.17) is 4.74 Å². The predicted octanol–water partition coefficient (Wildman–Crippen LogP) is 5.51. The average Bonchev–Trinajstić information content (AvgIpc) is 2.66. The summed E-state index contributed by atoms with van der Waals surface area (Å²) in [7, 11) is 0. The Balaban J connectivity index is 0.000000880. The maximum Gasteiger partial charge on any atom is 0.161 e. The topological polar surface area (TPSA) is 53.5 Å². The van der Waals surface area contributed by atoms with Crippen LogP contribution in [0.15, 0.2) is 54.6 Å². The smallest absolute Gasteiger partial charge is 0.161 e. The van der Waals surface area contributed by atoms with Crippen LogP contribution in [-0.4, -0.2) is 11.7 Å². The van der Waals surface area contributed by atoms with Crippen molar-refractivity contribution < 1.29 is 9.84 Å². The Morgan fingerprint density at radius 3 is 2.20 bits per heavy atom. The molecule has 1 aliphatic rings. The van der Waals surface area contributed by atoms with Gasteiger partial charge in [0.1, 0.15) is 6.17 Å². The number of nitrogens with one attached hydrogen (secondary N) is 2. The summed E-state index contributed by atoms with van der Waals surface area (Å²) in [6, 6.07) is 17.9. The molecule has 0 bridgehead atoms. The van der Waals surface area contributed by atoms with E-state index in [-0.39, 0.29) is 11.9 Å². The second-order valence-electron chi connectivity index (χ2n) is 5.59. The summed E-state index contributed by atoms with van der Waals surface area (Å²) in [5.41, 5.74) is 3.22. The number of rotatable bonds is 3. The van der Waals surface area contributed by atoms with Crippen LogP contribution in [0, 0.1) is 0 Å². The third-order valence-corrected chi connectivity index (χ3v) is 4.12. The van der Waals surface area contributed by atoms with Crippen LogP contribution >= 0.6 is 0 Å². The highest BCUT2D eigenvalue weighted by Gasteiger charge is 2.21. The number of hydrogen-bond donors (Lipinski definition) is 3. The molecule has 0 saturated carbocycles. The number of phenols is 1. The maximum atomic E-state index is 9.88. The molecule has 0 saturated heterocycles. The first-order valence-electron chi connectivity index (χ1n) is 8.77. The Hall–Kier alpha value is -2.88. The molecule has 3 aromatic carbocycles. The Kier molecular flexibility index (Phi) is 4.98. The monoisotopic (exact) mass is 336 g/mol. The molecule has 3 aromatic rings. The summed E-state index contributed by atoms with van der Waals surface area (Å²) < 4.78 is 5.49. The van der Waals surface area contributed by atoms with Crippen LogP contribution in [0.5, 0.6) is 11.5 Å². The Bertz CT molecular complexity index is 836. The number of benzene rings is 3. The minimum atomic E-state index is -0.0738. The molecular formula is C21H24N2O2. The van der Waals surface area contributed by atoms with E-state index in [1.807, 2.05) is 32.9 Å². The van der Waals surface area contributed by atoms with Crippen LogP contribution < -0.4 is 15.4 Å². The van der Waals surface area contributed by atoms with Crippen molar-refractivity contribution in [2.24, 2.45) is 0 Å². The number of phenolic OH excluding ortho intramolecular Hbond substituents is 1. The number of ether oxygens (including phenoxy) is 1. The largest absolute Gasteiger partial charge is 0.504 e. The zero-order valence-electron chi connectivity index (χ0n) is 14.8. The molecule has 0 amide bonds. The van der Waals surface area contributed by atoms with Gasteiger partial charge in [0, 0.05) is 16.8 Å². The second-order valence-corrected chi connectivity index (χ2v) is 5.59. The SMILES string of the molecule is CC.CCOc1cc(C2Nc3cccc4cccc(c34)N2)ccc1O. The average molecular weight is 336 g/mol. The number of aromatic hydroxyl groups is 1. The van der Waals surface area contributed by atoms with Crippen molar-refractivity contribution in [3.05, 3.63) is 60.2 Å². The molecule has 4 rings (SSSR count). The van der Waals surface area contributed by atoms with E-state index >= 15 is 0 Å². The fourth-order valence-corrected chi connectivity index (χ4v) is 3.08. The van der Waals surface area contributed by atoms with Gasteiger partial charge in [0.05, 0.1) is 6.61 Å². The lowest BCUT2D eigenvalue weighted by Gasteiger charge is -2.30. The summed E-state index contributed by atoms with van der Waals surface area (Å²) in [5, 5.41) is 19.3. The minimum absolute atomic E-state index is 0.0738. The molecule has 0 fully saturated rings. The molecule has 4 nitrogen and oxygen atoms in total. The molecule has 0 radical (unpaired) electrons. The highest BCUT2D eigenvalue weighted by molar-refractivity contribution is 6.04. The van der Waals surface area contributed by atoms with Gasteiger partial charge in [0.25, 0.3) is 0 Å². The van der Waals surface area contributed by atoms with E-state index in [1.165, 1.54) is 10.8 Å². The van der Waals surface area contributed by atoms with E-state index in [9.17, 15) is 5.11 Å². The van der Waals surface area contributed by atoms with Crippen molar-refractivity contribution >= 4 is 22.1 Å². The van der Waals surface area contributed by atoms with Crippen molar-refractivity contribution in [2.75, 3.05) is 17.2 Å². The fraction of sp³-hybridized carbons (Fsp3) is 0.238. The van der Waals surface area contributed by atoms with Crippen LogP contribution in [0.3, 0.4) is 0 Å². The molecule has 1 heterocycles. The molecule has 25 heavy (non-hydrogen) atoms. The highest BCUT2D eigenvalue weighted by Crippen LogP contribution is 2.39. The van der Waals surface area contributed by atoms with Crippen molar-refractivity contribution in [3.8, 4) is 11.5 Å². The van der Waals surface area contributed by atoms with Crippen LogP contribution in [-0.2, 0) is 0 Å². The standard InChI is InChI=1S/C19H18N2O2.C2H6/c1-2-23-17-11-13(9-10-16(17)22)19-20-14-7-3-5-12-6-4-8-15(21-19)18(12)14;1-2/h3-11,19-22H,2H2,1H3;1-2H3. The van der Waals surface area contributed by atoms with Crippen molar-refractivity contribution in [1.29, 1.82) is 0 Å². The van der Waals surface area contributed by atoms with Gasteiger partial charge in [-0.3, -0.25) is 0 Å². The number of anilines is 2. The minimum Gasteiger partial charge on any atom is -0.504 e. The Labute approximate surface area is 148 Å². The summed E-state index contributed by atoms with van der Waals surface area (Å²) >= 11 is 0. The molecule has 130 valence electrons. The predicted molar refractivity (Wildman–Crippen MR) is 105 cm³/mol. The van der Waals surface area contributed by atoms with Crippen LogP contribution in [0.2, 0.25) is 0 Å². The molecule has 0 unspecified atom stereocenters. The summed E-state index contributed by atoms with van der Waals surface area (Å²) in [4.78, 5) is 0. The first-order chi connectivity index (χ1) is 12.3. The van der Waals surface area contributed by atoms with Gasteiger partial charge < -0.3 is 20.5 Å². The first kappa shape index (κ1) is 17.0. The van der Waals surface area contributed by atoms with Gasteiger partial charge in [-0.15, -0.1) is 0 Å². The third-order valence-electron chi connectivity index (χ3n) is 4.12. The van der Waals surface area contributed by atoms with Gasteiger partial charge in [-0.25, -0.2) is 0 Å². The molecule has 0 spiro atoms. The van der Waals surface area contributed by atoms with E-state index in [0.717, 1.165) is 16.9 Å². The normalized spacial score (nSPS) is 12.6. The van der Waals surface area contributed by atoms with Crippen molar-refractivity contribution in [2.45, 2.75) is 26.9 Å². The molecule has 0 aliphatic carbocycles. The number of hydrogen-bond acceptors (Lipinski definition) is 4. The first-order valence-corrected chi connectivity index (χ1v) is 8.77. The van der Waals surface area contributed by atoms with Crippen LogP contribution in [0.1, 0.15) is 32.5 Å². The van der Waals surface area contributed by atoms with Gasteiger partial charge in [0.15, 0.2) is 11.5 Å². The molecular weight excluding hydrogens is 312 g/mol. The molecule has 1 aliphatic heterocycles. The van der Waals surface area contributed by atoms with Crippen LogP contribution in [0.25, 0.3) is 10.8 Å². The molecule has 0 atom stereocenters. The maximum absolute atomic E-state index is 9.88. The summed E-state index contributed by atoms with van der Waals surface area (Å²) in [6.07, 6.45) is -0.0738. The zero-order chi connectivity index (χ0) is 17.8. The molecule has 3 N–H and O–H groups in total. The van der Waals surface area contributed by atoms with Gasteiger partial charge in [-0.1, -0.05) is 44.2 Å². The summed E-state index contributed by atoms with van der Waals surface area (Å²) in [5.74, 6) is 0.666. The van der Waals surface area contributed by atoms with Gasteiger partial charge in [-0.2, -0.15) is 0 Å². The fourth-order valence-electron chi connectivity index (χ4n) is 3.08. The molecule has 0 aromatic heterocycles. The Morgan fingerprint density at radius 2 is 1.60 bits per heavy atom. The van der Waals surface area contributed by atoms with Gasteiger partial charge >= 0.3 is 0 Å². The van der Waals surface area contributed by atoms with E-state index in [1.54, 1.807) is 6.07 Å². The quantitative estimate of drug-likeness (QED) is 0.590. The third kappa shape index (κ3) is 3.20. The van der Waals surface area contributed by atoms with E-state index < -0.39 is 0 Å². The van der Waals surface area contributed by atoms with Gasteiger partial charge in [-0.05, 0) is 42.1 Å².